The largest absolute Gasteiger partial charge is 0.377 e. The molecule has 0 aliphatic heterocycles. The molecule has 4 heteroatoms. The van der Waals surface area contributed by atoms with Gasteiger partial charge in [0.15, 0.2) is 0 Å². The molecule has 17 heavy (non-hydrogen) atoms. The maximum Gasteiger partial charge on any atom is 0.135 e. The van der Waals surface area contributed by atoms with Crippen LogP contribution in [0.5, 0.6) is 0 Å². The van der Waals surface area contributed by atoms with Crippen molar-refractivity contribution >= 4 is 22.6 Å². The molecule has 3 nitrogen and oxygen atoms in total. The molecule has 0 radical (unpaired) electrons. The Morgan fingerprint density at radius 2 is 2.18 bits per heavy atom. The van der Waals surface area contributed by atoms with Crippen molar-refractivity contribution in [1.82, 2.24) is 9.55 Å². The number of benzene rings is 1. The van der Waals surface area contributed by atoms with Gasteiger partial charge in [0.05, 0.1) is 11.0 Å². The van der Waals surface area contributed by atoms with E-state index in [1.807, 2.05) is 18.2 Å². The van der Waals surface area contributed by atoms with Crippen LogP contribution in [-0.2, 0) is 17.9 Å². The number of imidazole rings is 1. The maximum atomic E-state index is 5.98. The minimum absolute atomic E-state index is 0.527. The molecule has 0 saturated heterocycles. The normalized spacial score (nSPS) is 11.6. The van der Waals surface area contributed by atoms with Crippen LogP contribution >= 0.6 is 11.6 Å². The zero-order valence-corrected chi connectivity index (χ0v) is 11.2. The highest BCUT2D eigenvalue weighted by Crippen LogP contribution is 2.22. The van der Waals surface area contributed by atoms with E-state index in [0.717, 1.165) is 28.4 Å². The molecule has 0 amide bonds. The zero-order valence-electron chi connectivity index (χ0n) is 10.4. The van der Waals surface area contributed by atoms with Crippen LogP contribution < -0.4 is 0 Å². The highest BCUT2D eigenvalue weighted by molar-refractivity contribution is 6.31. The van der Waals surface area contributed by atoms with Gasteiger partial charge < -0.3 is 9.30 Å². The van der Waals surface area contributed by atoms with E-state index in [2.05, 4.69) is 23.4 Å². The number of fused-ring (bicyclic) bond motifs is 1. The van der Waals surface area contributed by atoms with E-state index in [-0.39, 0.29) is 0 Å². The lowest BCUT2D eigenvalue weighted by atomic mass is 10.2. The van der Waals surface area contributed by atoms with Gasteiger partial charge >= 0.3 is 0 Å². The molecule has 1 heterocycles. The number of hydrogen-bond acceptors (Lipinski definition) is 2. The lowest BCUT2D eigenvalue weighted by molar-refractivity contribution is 0.174. The van der Waals surface area contributed by atoms with Gasteiger partial charge in [0.2, 0.25) is 0 Å². The van der Waals surface area contributed by atoms with Crippen molar-refractivity contribution in [3.05, 3.63) is 29.0 Å². The molecule has 0 N–H and O–H groups in total. The summed E-state index contributed by atoms with van der Waals surface area (Å²) < 4.78 is 7.40. The first kappa shape index (κ1) is 12.4. The second-order valence-electron chi connectivity index (χ2n) is 4.60. The van der Waals surface area contributed by atoms with Crippen molar-refractivity contribution in [2.24, 2.45) is 5.92 Å². The van der Waals surface area contributed by atoms with Crippen LogP contribution in [0.2, 0.25) is 5.02 Å². The van der Waals surface area contributed by atoms with Gasteiger partial charge in [-0.05, 0) is 24.1 Å². The van der Waals surface area contributed by atoms with Crippen LogP contribution in [0, 0.1) is 5.92 Å². The van der Waals surface area contributed by atoms with Crippen LogP contribution in [0.4, 0.5) is 0 Å². The Hall–Kier alpha value is -1.06. The Morgan fingerprint density at radius 1 is 1.41 bits per heavy atom. The summed E-state index contributed by atoms with van der Waals surface area (Å²) in [4.78, 5) is 4.57. The maximum absolute atomic E-state index is 5.98. The molecule has 0 fully saturated rings. The molecule has 0 atom stereocenters. The molecule has 0 saturated carbocycles. The van der Waals surface area contributed by atoms with E-state index in [0.29, 0.717) is 12.5 Å². The molecule has 0 aliphatic rings. The highest BCUT2D eigenvalue weighted by atomic mass is 35.5. The van der Waals surface area contributed by atoms with E-state index >= 15 is 0 Å². The Labute approximate surface area is 106 Å². The third-order valence-corrected chi connectivity index (χ3v) is 2.85. The summed E-state index contributed by atoms with van der Waals surface area (Å²) in [5.41, 5.74) is 2.06. The molecule has 0 aliphatic carbocycles. The van der Waals surface area contributed by atoms with Gasteiger partial charge in [0.1, 0.15) is 12.4 Å². The smallest absolute Gasteiger partial charge is 0.135 e. The first-order chi connectivity index (χ1) is 8.11. The highest BCUT2D eigenvalue weighted by Gasteiger charge is 2.11. The molecule has 1 aromatic carbocycles. The van der Waals surface area contributed by atoms with E-state index in [9.17, 15) is 0 Å². The predicted octanol–water partition coefficient (Wildman–Crippen LogP) is 3.49. The Kier molecular flexibility index (Phi) is 3.69. The minimum atomic E-state index is 0.527. The predicted molar refractivity (Wildman–Crippen MR) is 70.3 cm³/mol. The van der Waals surface area contributed by atoms with E-state index in [4.69, 9.17) is 16.3 Å². The standard InChI is InChI=1S/C13H17ClN2O/c1-9(2)7-16-12-5-4-10(14)6-11(12)15-13(16)8-17-3/h4-6,9H,7-8H2,1-3H3. The fourth-order valence-corrected chi connectivity index (χ4v) is 2.13. The summed E-state index contributed by atoms with van der Waals surface area (Å²) in [5, 5.41) is 0.718. The number of hydrogen-bond donors (Lipinski definition) is 0. The second-order valence-corrected chi connectivity index (χ2v) is 5.03. The van der Waals surface area contributed by atoms with Gasteiger partial charge in [-0.2, -0.15) is 0 Å². The number of nitrogens with zero attached hydrogens (tertiary/aromatic N) is 2. The zero-order chi connectivity index (χ0) is 12.4. The molecule has 2 aromatic rings. The number of methoxy groups -OCH3 is 1. The summed E-state index contributed by atoms with van der Waals surface area (Å²) in [6.45, 7) is 5.85. The number of rotatable bonds is 4. The molecule has 2 rings (SSSR count). The van der Waals surface area contributed by atoms with Crippen LogP contribution in [0.3, 0.4) is 0 Å². The molecule has 0 bridgehead atoms. The fraction of sp³-hybridized carbons (Fsp3) is 0.462. The van der Waals surface area contributed by atoms with Crippen LogP contribution in [-0.4, -0.2) is 16.7 Å². The fourth-order valence-electron chi connectivity index (χ4n) is 1.96. The first-order valence-electron chi connectivity index (χ1n) is 5.75. The van der Waals surface area contributed by atoms with Crippen LogP contribution in [0.1, 0.15) is 19.7 Å². The van der Waals surface area contributed by atoms with Crippen LogP contribution in [0.25, 0.3) is 11.0 Å². The topological polar surface area (TPSA) is 27.1 Å². The Morgan fingerprint density at radius 3 is 2.82 bits per heavy atom. The summed E-state index contributed by atoms with van der Waals surface area (Å²) in [5.74, 6) is 1.53. The number of ether oxygens (including phenoxy) is 1. The summed E-state index contributed by atoms with van der Waals surface area (Å²) >= 11 is 5.98. The van der Waals surface area contributed by atoms with Gasteiger partial charge in [0, 0.05) is 18.7 Å². The van der Waals surface area contributed by atoms with Crippen LogP contribution in [0.15, 0.2) is 18.2 Å². The molecule has 1 aromatic heterocycles. The SMILES string of the molecule is COCc1nc2cc(Cl)ccc2n1CC(C)C. The summed E-state index contributed by atoms with van der Waals surface area (Å²) in [6.07, 6.45) is 0. The molecule has 0 unspecified atom stereocenters. The average molecular weight is 253 g/mol. The lowest BCUT2D eigenvalue weighted by Gasteiger charge is -2.11. The third-order valence-electron chi connectivity index (χ3n) is 2.61. The number of halogens is 1. The molecular weight excluding hydrogens is 236 g/mol. The van der Waals surface area contributed by atoms with Crippen molar-refractivity contribution in [1.29, 1.82) is 0 Å². The van der Waals surface area contributed by atoms with Gasteiger partial charge in [0.25, 0.3) is 0 Å². The van der Waals surface area contributed by atoms with Crippen molar-refractivity contribution in [2.75, 3.05) is 7.11 Å². The Balaban J connectivity index is 2.54. The van der Waals surface area contributed by atoms with E-state index in [1.54, 1.807) is 7.11 Å². The summed E-state index contributed by atoms with van der Waals surface area (Å²) in [6, 6.07) is 5.82. The molecule has 92 valence electrons. The van der Waals surface area contributed by atoms with E-state index < -0.39 is 0 Å². The quantitative estimate of drug-likeness (QED) is 0.833. The average Bonchev–Trinajstić information content (AvgIpc) is 2.56. The van der Waals surface area contributed by atoms with Gasteiger partial charge in [-0.1, -0.05) is 25.4 Å². The second kappa shape index (κ2) is 5.07. The van der Waals surface area contributed by atoms with Crippen molar-refractivity contribution in [2.45, 2.75) is 27.0 Å². The third kappa shape index (κ3) is 2.61. The van der Waals surface area contributed by atoms with Crippen molar-refractivity contribution in [3.63, 3.8) is 0 Å². The molecular formula is C13H17ClN2O. The van der Waals surface area contributed by atoms with Crippen molar-refractivity contribution < 1.29 is 4.74 Å². The van der Waals surface area contributed by atoms with E-state index in [1.165, 1.54) is 0 Å². The monoisotopic (exact) mass is 252 g/mol. The van der Waals surface area contributed by atoms with Crippen molar-refractivity contribution in [3.8, 4) is 0 Å². The summed E-state index contributed by atoms with van der Waals surface area (Å²) in [7, 11) is 1.69. The number of aromatic nitrogens is 2. The van der Waals surface area contributed by atoms with Gasteiger partial charge in [-0.3, -0.25) is 0 Å². The van der Waals surface area contributed by atoms with Gasteiger partial charge in [-0.25, -0.2) is 4.98 Å². The lowest BCUT2D eigenvalue weighted by Crippen LogP contribution is -2.09. The Bertz CT molecular complexity index is 519. The van der Waals surface area contributed by atoms with Gasteiger partial charge in [-0.15, -0.1) is 0 Å². The molecule has 0 spiro atoms. The first-order valence-corrected chi connectivity index (χ1v) is 6.13. The minimum Gasteiger partial charge on any atom is -0.377 e.